The summed E-state index contributed by atoms with van der Waals surface area (Å²) < 4.78 is 27.1. The van der Waals surface area contributed by atoms with Gasteiger partial charge in [-0.3, -0.25) is 4.98 Å². The molecule has 1 unspecified atom stereocenters. The van der Waals surface area contributed by atoms with Crippen LogP contribution >= 0.6 is 0 Å². The zero-order valence-corrected chi connectivity index (χ0v) is 13.0. The normalized spacial score (nSPS) is 17.2. The molecule has 1 aliphatic carbocycles. The molecule has 7 heteroatoms. The van der Waals surface area contributed by atoms with Gasteiger partial charge in [0, 0.05) is 12.2 Å². The Labute approximate surface area is 124 Å². The van der Waals surface area contributed by atoms with Crippen molar-refractivity contribution in [3.8, 4) is 0 Å². The molecule has 0 saturated heterocycles. The maximum atomic E-state index is 12.3. The average Bonchev–Trinajstić information content (AvgIpc) is 2.33. The fraction of sp³-hybridized carbons (Fsp3) is 0.571. The number of aryl methyl sites for hydroxylation is 1. The van der Waals surface area contributed by atoms with Crippen molar-refractivity contribution in [1.82, 2.24) is 9.71 Å². The largest absolute Gasteiger partial charge is 0.478 e. The van der Waals surface area contributed by atoms with Gasteiger partial charge >= 0.3 is 5.97 Å². The number of sulfonamides is 1. The van der Waals surface area contributed by atoms with Crippen LogP contribution in [0.3, 0.4) is 0 Å². The Hall–Kier alpha value is -1.47. The van der Waals surface area contributed by atoms with Gasteiger partial charge in [-0.15, -0.1) is 0 Å². The van der Waals surface area contributed by atoms with Crippen molar-refractivity contribution in [3.63, 3.8) is 0 Å². The second-order valence-corrected chi connectivity index (χ2v) is 7.38. The van der Waals surface area contributed by atoms with E-state index in [0.29, 0.717) is 11.6 Å². The summed E-state index contributed by atoms with van der Waals surface area (Å²) >= 11 is 0. The summed E-state index contributed by atoms with van der Waals surface area (Å²) in [6, 6.07) is 0.984. The first-order chi connectivity index (χ1) is 9.79. The third-order valence-corrected chi connectivity index (χ3v) is 5.43. The zero-order valence-electron chi connectivity index (χ0n) is 12.2. The van der Waals surface area contributed by atoms with Crippen LogP contribution in [0.25, 0.3) is 0 Å². The Kier molecular flexibility index (Phi) is 4.63. The molecule has 2 rings (SSSR count). The lowest BCUT2D eigenvalue weighted by Crippen LogP contribution is -2.35. The summed E-state index contributed by atoms with van der Waals surface area (Å²) in [7, 11) is -3.74. The number of rotatable bonds is 6. The van der Waals surface area contributed by atoms with Gasteiger partial charge in [0.05, 0.1) is 11.3 Å². The summed E-state index contributed by atoms with van der Waals surface area (Å²) in [5.74, 6) is -0.590. The Morgan fingerprint density at radius 3 is 2.71 bits per heavy atom. The third-order valence-electron chi connectivity index (χ3n) is 3.87. The average molecular weight is 312 g/mol. The number of nitrogens with zero attached hydrogens (tertiary/aromatic N) is 1. The summed E-state index contributed by atoms with van der Waals surface area (Å²) in [6.07, 6.45) is 5.53. The number of carboxylic acid groups (broad SMARTS) is 1. The maximum absolute atomic E-state index is 12.3. The lowest BCUT2D eigenvalue weighted by atomic mass is 9.81. The lowest BCUT2D eigenvalue weighted by Gasteiger charge is -2.28. The number of aromatic carboxylic acids is 1. The van der Waals surface area contributed by atoms with E-state index >= 15 is 0 Å². The van der Waals surface area contributed by atoms with Crippen LogP contribution in [0.15, 0.2) is 17.2 Å². The highest BCUT2D eigenvalue weighted by molar-refractivity contribution is 7.89. The second kappa shape index (κ2) is 6.11. The van der Waals surface area contributed by atoms with Crippen LogP contribution in [-0.4, -0.2) is 30.5 Å². The van der Waals surface area contributed by atoms with Gasteiger partial charge in [0.15, 0.2) is 0 Å². The van der Waals surface area contributed by atoms with Gasteiger partial charge in [-0.1, -0.05) is 19.3 Å². The molecule has 21 heavy (non-hydrogen) atoms. The fourth-order valence-corrected chi connectivity index (χ4v) is 3.71. The Morgan fingerprint density at radius 2 is 2.19 bits per heavy atom. The van der Waals surface area contributed by atoms with Gasteiger partial charge in [-0.05, 0) is 32.3 Å². The molecular weight excluding hydrogens is 292 g/mol. The van der Waals surface area contributed by atoms with Crippen LogP contribution in [0.2, 0.25) is 0 Å². The molecule has 116 valence electrons. The number of hydrogen-bond acceptors (Lipinski definition) is 4. The molecule has 1 aromatic rings. The number of hydrogen-bond donors (Lipinski definition) is 2. The highest BCUT2D eigenvalue weighted by atomic mass is 32.2. The highest BCUT2D eigenvalue weighted by Gasteiger charge is 2.24. The van der Waals surface area contributed by atoms with E-state index in [-0.39, 0.29) is 16.5 Å². The number of carboxylic acids is 1. The third kappa shape index (κ3) is 3.79. The molecule has 1 aromatic heterocycles. The molecule has 0 aromatic carbocycles. The minimum atomic E-state index is -3.74. The standard InChI is InChI=1S/C14H20N2O4S/c1-9(6-11-4-3-5-11)16-21(19,20)12-7-13(14(17)18)10(2)15-8-12/h7-9,11,16H,3-6H2,1-2H3,(H,17,18). The quantitative estimate of drug-likeness (QED) is 0.837. The topological polar surface area (TPSA) is 96.4 Å². The predicted octanol–water partition coefficient (Wildman–Crippen LogP) is 1.95. The van der Waals surface area contributed by atoms with Gasteiger partial charge in [-0.25, -0.2) is 17.9 Å². The van der Waals surface area contributed by atoms with Gasteiger partial charge < -0.3 is 5.11 Å². The van der Waals surface area contributed by atoms with Crippen molar-refractivity contribution >= 4 is 16.0 Å². The van der Waals surface area contributed by atoms with Crippen LogP contribution in [0, 0.1) is 12.8 Å². The Balaban J connectivity index is 2.14. The van der Waals surface area contributed by atoms with E-state index in [4.69, 9.17) is 5.11 Å². The summed E-state index contributed by atoms with van der Waals surface area (Å²) in [5.41, 5.74) is 0.202. The van der Waals surface area contributed by atoms with Crippen molar-refractivity contribution in [3.05, 3.63) is 23.5 Å². The summed E-state index contributed by atoms with van der Waals surface area (Å²) in [4.78, 5) is 14.8. The number of pyridine rings is 1. The first kappa shape index (κ1) is 15.9. The van der Waals surface area contributed by atoms with Crippen molar-refractivity contribution in [2.24, 2.45) is 5.92 Å². The monoisotopic (exact) mass is 312 g/mol. The second-order valence-electron chi connectivity index (χ2n) is 5.66. The van der Waals surface area contributed by atoms with E-state index in [1.54, 1.807) is 0 Å². The van der Waals surface area contributed by atoms with E-state index in [1.807, 2.05) is 6.92 Å². The first-order valence-corrected chi connectivity index (χ1v) is 8.50. The van der Waals surface area contributed by atoms with Crippen LogP contribution in [0.1, 0.15) is 48.7 Å². The molecule has 6 nitrogen and oxygen atoms in total. The zero-order chi connectivity index (χ0) is 15.6. The SMILES string of the molecule is Cc1ncc(S(=O)(=O)NC(C)CC2CCC2)cc1C(=O)O. The van der Waals surface area contributed by atoms with Crippen LogP contribution in [0.4, 0.5) is 0 Å². The summed E-state index contributed by atoms with van der Waals surface area (Å²) in [5, 5.41) is 9.04. The molecule has 0 amide bonds. The van der Waals surface area contributed by atoms with Crippen LogP contribution in [0.5, 0.6) is 0 Å². The van der Waals surface area contributed by atoms with Gasteiger partial charge in [0.25, 0.3) is 0 Å². The number of carbonyl (C=O) groups is 1. The predicted molar refractivity (Wildman–Crippen MR) is 77.7 cm³/mol. The molecule has 2 N–H and O–H groups in total. The molecule has 1 heterocycles. The minimum absolute atomic E-state index is 0.0930. The maximum Gasteiger partial charge on any atom is 0.337 e. The van der Waals surface area contributed by atoms with E-state index in [1.165, 1.54) is 19.5 Å². The van der Waals surface area contributed by atoms with Crippen molar-refractivity contribution < 1.29 is 18.3 Å². The van der Waals surface area contributed by atoms with Gasteiger partial charge in [0.2, 0.25) is 10.0 Å². The smallest absolute Gasteiger partial charge is 0.337 e. The Morgan fingerprint density at radius 1 is 1.52 bits per heavy atom. The molecule has 1 fully saturated rings. The van der Waals surface area contributed by atoms with E-state index in [2.05, 4.69) is 9.71 Å². The van der Waals surface area contributed by atoms with Crippen molar-refractivity contribution in [2.45, 2.75) is 50.5 Å². The minimum Gasteiger partial charge on any atom is -0.478 e. The van der Waals surface area contributed by atoms with Crippen LogP contribution in [-0.2, 0) is 10.0 Å². The molecule has 0 spiro atoms. The van der Waals surface area contributed by atoms with E-state index in [9.17, 15) is 13.2 Å². The molecule has 1 saturated carbocycles. The molecule has 0 bridgehead atoms. The molecule has 1 atom stereocenters. The van der Waals surface area contributed by atoms with Gasteiger partial charge in [0.1, 0.15) is 4.90 Å². The highest BCUT2D eigenvalue weighted by Crippen LogP contribution is 2.30. The van der Waals surface area contributed by atoms with E-state index in [0.717, 1.165) is 25.3 Å². The lowest BCUT2D eigenvalue weighted by molar-refractivity contribution is 0.0695. The van der Waals surface area contributed by atoms with E-state index < -0.39 is 16.0 Å². The van der Waals surface area contributed by atoms with Crippen molar-refractivity contribution in [2.75, 3.05) is 0 Å². The van der Waals surface area contributed by atoms with Crippen molar-refractivity contribution in [1.29, 1.82) is 0 Å². The first-order valence-electron chi connectivity index (χ1n) is 7.02. The summed E-state index contributed by atoms with van der Waals surface area (Å²) in [6.45, 7) is 3.36. The number of nitrogens with one attached hydrogen (secondary N) is 1. The number of aromatic nitrogens is 1. The van der Waals surface area contributed by atoms with Gasteiger partial charge in [-0.2, -0.15) is 0 Å². The van der Waals surface area contributed by atoms with Crippen LogP contribution < -0.4 is 4.72 Å². The Bertz CT molecular complexity index is 638. The molecule has 0 radical (unpaired) electrons. The molecule has 1 aliphatic rings. The fourth-order valence-electron chi connectivity index (χ4n) is 2.49. The molecule has 0 aliphatic heterocycles. The molecular formula is C14H20N2O4S.